The maximum Gasteiger partial charge on any atom is 0.264 e. The van der Waals surface area contributed by atoms with Gasteiger partial charge in [-0.15, -0.1) is 0 Å². The molecule has 30 heavy (non-hydrogen) atoms. The summed E-state index contributed by atoms with van der Waals surface area (Å²) in [5.41, 5.74) is 1.17. The van der Waals surface area contributed by atoms with Gasteiger partial charge in [-0.3, -0.25) is 9.10 Å². The Bertz CT molecular complexity index is 958. The fraction of sp³-hybridized carbons (Fsp3) is 0.409. The number of nitrogens with one attached hydrogen (secondary N) is 1. The molecule has 2 aromatic carbocycles. The summed E-state index contributed by atoms with van der Waals surface area (Å²) in [6.07, 6.45) is 1.72. The summed E-state index contributed by atoms with van der Waals surface area (Å²) in [5, 5.41) is 2.86. The van der Waals surface area contributed by atoms with Gasteiger partial charge in [0, 0.05) is 12.1 Å². The summed E-state index contributed by atoms with van der Waals surface area (Å²) in [5.74, 6) is 0.382. The maximum atomic E-state index is 13.5. The van der Waals surface area contributed by atoms with E-state index in [1.165, 1.54) is 26.4 Å². The number of aryl methyl sites for hydroxylation is 1. The number of carbonyl (C=O) groups is 1. The molecule has 1 atom stereocenters. The SMILES string of the molecule is CCC[C@H](C)NC(=O)CN(c1cc(OC)ccc1OC)S(=O)(=O)c1ccc(C)cc1. The van der Waals surface area contributed by atoms with Crippen LogP contribution in [0.25, 0.3) is 0 Å². The minimum Gasteiger partial charge on any atom is -0.497 e. The van der Waals surface area contributed by atoms with Crippen LogP contribution in [-0.4, -0.2) is 41.1 Å². The van der Waals surface area contributed by atoms with Crippen molar-refractivity contribution >= 4 is 21.6 Å². The molecular weight excluding hydrogens is 404 g/mol. The Hall–Kier alpha value is -2.74. The van der Waals surface area contributed by atoms with Gasteiger partial charge in [0.05, 0.1) is 24.8 Å². The van der Waals surface area contributed by atoms with Crippen LogP contribution < -0.4 is 19.1 Å². The largest absolute Gasteiger partial charge is 0.497 e. The maximum absolute atomic E-state index is 13.5. The van der Waals surface area contributed by atoms with Crippen LogP contribution in [-0.2, 0) is 14.8 Å². The topological polar surface area (TPSA) is 84.9 Å². The molecule has 0 saturated carbocycles. The highest BCUT2D eigenvalue weighted by Gasteiger charge is 2.30. The molecule has 164 valence electrons. The normalized spacial score (nSPS) is 12.2. The number of rotatable bonds is 10. The number of ether oxygens (including phenoxy) is 2. The van der Waals surface area contributed by atoms with Crippen LogP contribution >= 0.6 is 0 Å². The molecule has 0 aliphatic carbocycles. The van der Waals surface area contributed by atoms with Crippen LogP contribution in [0.2, 0.25) is 0 Å². The van der Waals surface area contributed by atoms with Crippen molar-refractivity contribution in [3.63, 3.8) is 0 Å². The molecule has 2 rings (SSSR count). The number of carbonyl (C=O) groups excluding carboxylic acids is 1. The zero-order chi connectivity index (χ0) is 22.3. The Morgan fingerprint density at radius 2 is 1.77 bits per heavy atom. The second-order valence-electron chi connectivity index (χ2n) is 7.12. The highest BCUT2D eigenvalue weighted by Crippen LogP contribution is 2.35. The van der Waals surface area contributed by atoms with Gasteiger partial charge in [-0.1, -0.05) is 31.0 Å². The van der Waals surface area contributed by atoms with Crippen LogP contribution in [0.3, 0.4) is 0 Å². The Labute approximate surface area is 179 Å². The predicted octanol–water partition coefficient (Wildman–Crippen LogP) is 3.51. The smallest absolute Gasteiger partial charge is 0.264 e. The van der Waals surface area contributed by atoms with Crippen molar-refractivity contribution < 1.29 is 22.7 Å². The first-order valence-electron chi connectivity index (χ1n) is 9.83. The molecule has 0 aromatic heterocycles. The quantitative estimate of drug-likeness (QED) is 0.619. The van der Waals surface area contributed by atoms with E-state index >= 15 is 0 Å². The first-order valence-corrected chi connectivity index (χ1v) is 11.3. The summed E-state index contributed by atoms with van der Waals surface area (Å²) in [4.78, 5) is 12.8. The fourth-order valence-electron chi connectivity index (χ4n) is 3.08. The predicted molar refractivity (Wildman–Crippen MR) is 118 cm³/mol. The molecule has 2 aromatic rings. The molecule has 7 nitrogen and oxygen atoms in total. The second kappa shape index (κ2) is 10.3. The van der Waals surface area contributed by atoms with E-state index in [1.807, 2.05) is 20.8 Å². The minimum atomic E-state index is -4.03. The fourth-order valence-corrected chi connectivity index (χ4v) is 4.51. The van der Waals surface area contributed by atoms with Crippen molar-refractivity contribution in [3.05, 3.63) is 48.0 Å². The van der Waals surface area contributed by atoms with Crippen LogP contribution in [0.5, 0.6) is 11.5 Å². The number of benzene rings is 2. The molecule has 0 aliphatic rings. The van der Waals surface area contributed by atoms with E-state index in [1.54, 1.807) is 30.3 Å². The van der Waals surface area contributed by atoms with Crippen LogP contribution in [0.4, 0.5) is 5.69 Å². The first kappa shape index (κ1) is 23.5. The number of hydrogen-bond acceptors (Lipinski definition) is 5. The second-order valence-corrected chi connectivity index (χ2v) is 8.98. The lowest BCUT2D eigenvalue weighted by atomic mass is 10.2. The molecule has 1 N–H and O–H groups in total. The van der Waals surface area contributed by atoms with E-state index in [2.05, 4.69) is 5.32 Å². The van der Waals surface area contributed by atoms with Crippen LogP contribution in [0.1, 0.15) is 32.3 Å². The Morgan fingerprint density at radius 1 is 1.10 bits per heavy atom. The molecule has 0 heterocycles. The number of anilines is 1. The molecule has 0 unspecified atom stereocenters. The molecule has 0 aliphatic heterocycles. The Balaban J connectivity index is 2.53. The van der Waals surface area contributed by atoms with Gasteiger partial charge in [0.25, 0.3) is 10.0 Å². The lowest BCUT2D eigenvalue weighted by Gasteiger charge is -2.26. The zero-order valence-electron chi connectivity index (χ0n) is 18.1. The molecule has 1 amide bonds. The van der Waals surface area contributed by atoms with Crippen LogP contribution in [0.15, 0.2) is 47.4 Å². The van der Waals surface area contributed by atoms with Gasteiger partial charge in [-0.2, -0.15) is 0 Å². The summed E-state index contributed by atoms with van der Waals surface area (Å²) >= 11 is 0. The third-order valence-electron chi connectivity index (χ3n) is 4.68. The van der Waals surface area contributed by atoms with E-state index in [4.69, 9.17) is 9.47 Å². The van der Waals surface area contributed by atoms with Crippen molar-refractivity contribution in [3.8, 4) is 11.5 Å². The van der Waals surface area contributed by atoms with Gasteiger partial charge >= 0.3 is 0 Å². The summed E-state index contributed by atoms with van der Waals surface area (Å²) in [6, 6.07) is 11.3. The van der Waals surface area contributed by atoms with Gasteiger partial charge in [-0.25, -0.2) is 8.42 Å². The third-order valence-corrected chi connectivity index (χ3v) is 6.45. The van der Waals surface area contributed by atoms with Gasteiger partial charge in [-0.05, 0) is 44.5 Å². The molecule has 0 spiro atoms. The van der Waals surface area contributed by atoms with Crippen molar-refractivity contribution in [2.75, 3.05) is 25.1 Å². The Kier molecular flexibility index (Phi) is 8.11. The van der Waals surface area contributed by atoms with E-state index in [0.717, 1.165) is 22.7 Å². The average molecular weight is 435 g/mol. The average Bonchev–Trinajstić information content (AvgIpc) is 2.71. The summed E-state index contributed by atoms with van der Waals surface area (Å²) < 4.78 is 38.7. The van der Waals surface area contributed by atoms with E-state index in [9.17, 15) is 13.2 Å². The van der Waals surface area contributed by atoms with Crippen molar-refractivity contribution in [1.82, 2.24) is 5.32 Å². The molecule has 0 saturated heterocycles. The number of sulfonamides is 1. The molecule has 8 heteroatoms. The molecule has 0 bridgehead atoms. The van der Waals surface area contributed by atoms with Gasteiger partial charge in [0.1, 0.15) is 18.0 Å². The highest BCUT2D eigenvalue weighted by molar-refractivity contribution is 7.92. The molecule has 0 radical (unpaired) electrons. The Morgan fingerprint density at radius 3 is 2.33 bits per heavy atom. The lowest BCUT2D eigenvalue weighted by molar-refractivity contribution is -0.120. The standard InChI is InChI=1S/C22H30N2O5S/c1-6-7-17(3)23-22(25)15-24(20-14-18(28-4)10-13-21(20)29-5)30(26,27)19-11-8-16(2)9-12-19/h8-14,17H,6-7,15H2,1-5H3,(H,23,25)/t17-/m0/s1. The van der Waals surface area contributed by atoms with E-state index in [0.29, 0.717) is 11.5 Å². The zero-order valence-corrected chi connectivity index (χ0v) is 19.0. The molecule has 0 fully saturated rings. The summed E-state index contributed by atoms with van der Waals surface area (Å²) in [6.45, 7) is 5.42. The van der Waals surface area contributed by atoms with E-state index < -0.39 is 15.9 Å². The minimum absolute atomic E-state index is 0.0568. The highest BCUT2D eigenvalue weighted by atomic mass is 32.2. The van der Waals surface area contributed by atoms with Crippen LogP contribution in [0, 0.1) is 6.92 Å². The lowest BCUT2D eigenvalue weighted by Crippen LogP contribution is -2.43. The molecular formula is C22H30N2O5S. The number of nitrogens with zero attached hydrogens (tertiary/aromatic N) is 1. The van der Waals surface area contributed by atoms with Crippen molar-refractivity contribution in [2.45, 2.75) is 44.6 Å². The summed E-state index contributed by atoms with van der Waals surface area (Å²) in [7, 11) is -1.10. The monoisotopic (exact) mass is 434 g/mol. The third kappa shape index (κ3) is 5.66. The number of methoxy groups -OCH3 is 2. The van der Waals surface area contributed by atoms with Gasteiger partial charge in [0.2, 0.25) is 5.91 Å². The van der Waals surface area contributed by atoms with Gasteiger partial charge in [0.15, 0.2) is 0 Å². The number of hydrogen-bond donors (Lipinski definition) is 1. The van der Waals surface area contributed by atoms with Gasteiger partial charge < -0.3 is 14.8 Å². The van der Waals surface area contributed by atoms with E-state index in [-0.39, 0.29) is 23.2 Å². The number of amides is 1. The first-order chi connectivity index (χ1) is 14.2. The van der Waals surface area contributed by atoms with Crippen molar-refractivity contribution in [1.29, 1.82) is 0 Å². The van der Waals surface area contributed by atoms with Crippen molar-refractivity contribution in [2.24, 2.45) is 0 Å².